The second-order valence-corrected chi connectivity index (χ2v) is 7.77. The normalized spacial score (nSPS) is 10.4. The number of hydrogen-bond acceptors (Lipinski definition) is 6. The van der Waals surface area contributed by atoms with Gasteiger partial charge in [-0.1, -0.05) is 24.3 Å². The Hall–Kier alpha value is -3.70. The zero-order valence-electron chi connectivity index (χ0n) is 17.2. The SMILES string of the molecule is Cc1c(C#N)c(NC(=O)COC(=O)CCC(=O)c2cccs2)n(-c2ccccc2)c1C. The van der Waals surface area contributed by atoms with E-state index in [4.69, 9.17) is 4.74 Å². The minimum atomic E-state index is -0.633. The van der Waals surface area contributed by atoms with Crippen molar-refractivity contribution in [3.05, 3.63) is 69.5 Å². The maximum atomic E-state index is 12.4. The number of rotatable bonds is 8. The number of para-hydroxylation sites is 1. The highest BCUT2D eigenvalue weighted by molar-refractivity contribution is 7.12. The molecule has 0 aliphatic heterocycles. The van der Waals surface area contributed by atoms with Crippen LogP contribution in [0.1, 0.15) is 39.3 Å². The van der Waals surface area contributed by atoms with Gasteiger partial charge in [0.1, 0.15) is 11.9 Å². The number of carbonyl (C=O) groups is 3. The predicted octanol–water partition coefficient (Wildman–Crippen LogP) is 4.17. The van der Waals surface area contributed by atoms with Crippen LogP contribution in [-0.2, 0) is 14.3 Å². The number of ether oxygens (including phenoxy) is 1. The van der Waals surface area contributed by atoms with E-state index in [1.807, 2.05) is 44.2 Å². The third-order valence-corrected chi connectivity index (χ3v) is 5.72. The van der Waals surface area contributed by atoms with Crippen molar-refractivity contribution in [3.8, 4) is 11.8 Å². The van der Waals surface area contributed by atoms with E-state index < -0.39 is 18.5 Å². The van der Waals surface area contributed by atoms with Crippen molar-refractivity contribution in [2.75, 3.05) is 11.9 Å². The highest BCUT2D eigenvalue weighted by Gasteiger charge is 2.21. The minimum Gasteiger partial charge on any atom is -0.456 e. The summed E-state index contributed by atoms with van der Waals surface area (Å²) in [6.07, 6.45) is -0.0825. The van der Waals surface area contributed by atoms with Gasteiger partial charge >= 0.3 is 5.97 Å². The third kappa shape index (κ3) is 5.08. The fourth-order valence-corrected chi connectivity index (χ4v) is 3.82. The minimum absolute atomic E-state index is 0.0226. The topological polar surface area (TPSA) is 101 Å². The molecule has 0 saturated carbocycles. The van der Waals surface area contributed by atoms with Crippen LogP contribution in [-0.4, -0.2) is 28.8 Å². The van der Waals surface area contributed by atoms with E-state index in [9.17, 15) is 19.6 Å². The number of carbonyl (C=O) groups excluding carboxylic acids is 3. The van der Waals surface area contributed by atoms with Gasteiger partial charge in [0.05, 0.1) is 16.9 Å². The monoisotopic (exact) mass is 435 g/mol. The third-order valence-electron chi connectivity index (χ3n) is 4.81. The van der Waals surface area contributed by atoms with Crippen LogP contribution in [0.3, 0.4) is 0 Å². The Balaban J connectivity index is 1.64. The molecule has 3 aromatic rings. The Kier molecular flexibility index (Phi) is 7.00. The van der Waals surface area contributed by atoms with E-state index >= 15 is 0 Å². The molecule has 2 aromatic heterocycles. The van der Waals surface area contributed by atoms with Crippen molar-refractivity contribution in [3.63, 3.8) is 0 Å². The number of Topliss-reactive ketones (excluding diaryl/α,β-unsaturated/α-hetero) is 1. The number of nitrogens with zero attached hydrogens (tertiary/aromatic N) is 2. The first-order valence-corrected chi connectivity index (χ1v) is 10.5. The molecule has 8 heteroatoms. The van der Waals surface area contributed by atoms with Crippen LogP contribution in [0.25, 0.3) is 5.69 Å². The first-order chi connectivity index (χ1) is 14.9. The number of aromatic nitrogens is 1. The number of nitrogens with one attached hydrogen (secondary N) is 1. The summed E-state index contributed by atoms with van der Waals surface area (Å²) in [7, 11) is 0. The molecule has 0 spiro atoms. The molecular weight excluding hydrogens is 414 g/mol. The van der Waals surface area contributed by atoms with Crippen molar-refractivity contribution in [1.82, 2.24) is 4.57 Å². The van der Waals surface area contributed by atoms with Gasteiger partial charge in [-0.15, -0.1) is 11.3 Å². The van der Waals surface area contributed by atoms with E-state index in [0.29, 0.717) is 16.3 Å². The number of thiophene rings is 1. The number of benzene rings is 1. The van der Waals surface area contributed by atoms with Gasteiger partial charge in [-0.25, -0.2) is 0 Å². The van der Waals surface area contributed by atoms with Crippen molar-refractivity contribution in [1.29, 1.82) is 5.26 Å². The molecule has 1 N–H and O–H groups in total. The summed E-state index contributed by atoms with van der Waals surface area (Å²) < 4.78 is 6.79. The molecule has 2 heterocycles. The van der Waals surface area contributed by atoms with E-state index in [0.717, 1.165) is 16.9 Å². The highest BCUT2D eigenvalue weighted by atomic mass is 32.1. The van der Waals surface area contributed by atoms with Crippen LogP contribution >= 0.6 is 11.3 Å². The van der Waals surface area contributed by atoms with Gasteiger partial charge in [-0.3, -0.25) is 19.0 Å². The number of amides is 1. The second kappa shape index (κ2) is 9.87. The molecule has 0 unspecified atom stereocenters. The first kappa shape index (κ1) is 22.0. The Morgan fingerprint density at radius 3 is 2.48 bits per heavy atom. The van der Waals surface area contributed by atoms with Crippen molar-refractivity contribution in [2.45, 2.75) is 26.7 Å². The molecule has 0 aliphatic carbocycles. The smallest absolute Gasteiger partial charge is 0.306 e. The molecule has 0 fully saturated rings. The summed E-state index contributed by atoms with van der Waals surface area (Å²) in [6, 6.07) is 14.9. The molecule has 0 saturated heterocycles. The molecule has 0 bridgehead atoms. The van der Waals surface area contributed by atoms with E-state index in [1.165, 1.54) is 11.3 Å². The molecule has 0 radical (unpaired) electrons. The molecule has 31 heavy (non-hydrogen) atoms. The zero-order chi connectivity index (χ0) is 22.4. The largest absolute Gasteiger partial charge is 0.456 e. The van der Waals surface area contributed by atoms with Crippen LogP contribution in [0, 0.1) is 25.2 Å². The molecule has 0 atom stereocenters. The predicted molar refractivity (Wildman–Crippen MR) is 117 cm³/mol. The summed E-state index contributed by atoms with van der Waals surface area (Å²) in [4.78, 5) is 36.9. The molecule has 1 amide bonds. The lowest BCUT2D eigenvalue weighted by Crippen LogP contribution is -2.23. The Morgan fingerprint density at radius 1 is 1.10 bits per heavy atom. The average Bonchev–Trinajstić information content (AvgIpc) is 3.39. The maximum absolute atomic E-state index is 12.4. The van der Waals surface area contributed by atoms with Gasteiger partial charge in [0.25, 0.3) is 5.91 Å². The summed E-state index contributed by atoms with van der Waals surface area (Å²) >= 11 is 1.31. The van der Waals surface area contributed by atoms with E-state index in [1.54, 1.807) is 22.1 Å². The number of ketones is 1. The van der Waals surface area contributed by atoms with Crippen LogP contribution in [0.4, 0.5) is 5.82 Å². The molecule has 7 nitrogen and oxygen atoms in total. The number of anilines is 1. The molecule has 1 aromatic carbocycles. The number of hydrogen-bond donors (Lipinski definition) is 1. The van der Waals surface area contributed by atoms with Gasteiger partial charge in [-0.05, 0) is 43.0 Å². The standard InChI is InChI=1S/C23H21N3O4S/c1-15-16(2)26(17-7-4-3-5-8-17)23(18(15)13-24)25-21(28)14-30-22(29)11-10-19(27)20-9-6-12-31-20/h3-9,12H,10-11,14H2,1-2H3,(H,25,28). The van der Waals surface area contributed by atoms with Gasteiger partial charge < -0.3 is 10.1 Å². The van der Waals surface area contributed by atoms with Crippen LogP contribution in [0.15, 0.2) is 47.8 Å². The maximum Gasteiger partial charge on any atom is 0.306 e. The second-order valence-electron chi connectivity index (χ2n) is 6.83. The molecule has 0 aliphatic rings. The summed E-state index contributed by atoms with van der Waals surface area (Å²) in [5.74, 6) is -1.00. The van der Waals surface area contributed by atoms with Gasteiger partial charge in [0.2, 0.25) is 0 Å². The molecule has 158 valence electrons. The number of esters is 1. The average molecular weight is 436 g/mol. The van der Waals surface area contributed by atoms with E-state index in [2.05, 4.69) is 11.4 Å². The van der Waals surface area contributed by atoms with Crippen LogP contribution < -0.4 is 5.32 Å². The van der Waals surface area contributed by atoms with Gasteiger partial charge in [0, 0.05) is 17.8 Å². The number of nitriles is 1. The van der Waals surface area contributed by atoms with Crippen molar-refractivity contribution >= 4 is 34.8 Å². The first-order valence-electron chi connectivity index (χ1n) is 9.62. The van der Waals surface area contributed by atoms with E-state index in [-0.39, 0.29) is 18.6 Å². The molecular formula is C23H21N3O4S. The zero-order valence-corrected chi connectivity index (χ0v) is 18.0. The van der Waals surface area contributed by atoms with Crippen molar-refractivity contribution in [2.24, 2.45) is 0 Å². The summed E-state index contributed by atoms with van der Waals surface area (Å²) in [5, 5.41) is 14.1. The lowest BCUT2D eigenvalue weighted by molar-refractivity contribution is -0.147. The molecule has 3 rings (SSSR count). The Bertz CT molecular complexity index is 1140. The van der Waals surface area contributed by atoms with Crippen molar-refractivity contribution < 1.29 is 19.1 Å². The van der Waals surface area contributed by atoms with Crippen LogP contribution in [0.5, 0.6) is 0 Å². The summed E-state index contributed by atoms with van der Waals surface area (Å²) in [5.41, 5.74) is 2.72. The Morgan fingerprint density at radius 2 is 1.84 bits per heavy atom. The summed E-state index contributed by atoms with van der Waals surface area (Å²) in [6.45, 7) is 3.17. The fraction of sp³-hybridized carbons (Fsp3) is 0.217. The quantitative estimate of drug-likeness (QED) is 0.423. The Labute approximate surface area is 183 Å². The van der Waals surface area contributed by atoms with Crippen LogP contribution in [0.2, 0.25) is 0 Å². The lowest BCUT2D eigenvalue weighted by atomic mass is 10.2. The fourth-order valence-electron chi connectivity index (χ4n) is 3.12. The van der Waals surface area contributed by atoms with Gasteiger partial charge in [0.15, 0.2) is 12.4 Å². The lowest BCUT2D eigenvalue weighted by Gasteiger charge is -2.13. The van der Waals surface area contributed by atoms with Gasteiger partial charge in [-0.2, -0.15) is 5.26 Å². The highest BCUT2D eigenvalue weighted by Crippen LogP contribution is 2.29.